The van der Waals surface area contributed by atoms with Gasteiger partial charge in [-0.15, -0.1) is 0 Å². The molecule has 0 aromatic heterocycles. The molecule has 0 unspecified atom stereocenters. The van der Waals surface area contributed by atoms with Crippen molar-refractivity contribution in [2.24, 2.45) is 46.3 Å². The van der Waals surface area contributed by atoms with Gasteiger partial charge in [0, 0.05) is 19.0 Å². The maximum Gasteiger partial charge on any atom is 0.227 e. The number of benzene rings is 1. The van der Waals surface area contributed by atoms with Gasteiger partial charge in [0.15, 0.2) is 0 Å². The third-order valence-corrected chi connectivity index (χ3v) is 12.5. The van der Waals surface area contributed by atoms with Crippen LogP contribution in [0.5, 0.6) is 0 Å². The fourth-order valence-corrected chi connectivity index (χ4v) is 10.6. The lowest BCUT2D eigenvalue weighted by molar-refractivity contribution is -0.174. The first-order valence-corrected chi connectivity index (χ1v) is 15.2. The fraction of sp³-hybridized carbons (Fsp3) is 0.781. The number of halogens is 2. The second-order valence-electron chi connectivity index (χ2n) is 14.2. The Morgan fingerprint density at radius 1 is 1.05 bits per heavy atom. The SMILES string of the molecule is C[C@H](CCC(=O)N1CCc2cc(F)cc(F)c21)[C@H]1CC[C@H]2[C@@H]3[C@H](O)C[C@@H]4C[C@H](O)CC[C@]4(C)[C@H]3CC[C@]12C. The number of hydrogen-bond acceptors (Lipinski definition) is 3. The Morgan fingerprint density at radius 3 is 2.58 bits per heavy atom. The monoisotopic (exact) mass is 529 g/mol. The van der Waals surface area contributed by atoms with Gasteiger partial charge >= 0.3 is 0 Å². The summed E-state index contributed by atoms with van der Waals surface area (Å²) in [5.74, 6) is 1.41. The van der Waals surface area contributed by atoms with E-state index in [4.69, 9.17) is 0 Å². The first-order valence-electron chi connectivity index (χ1n) is 15.2. The topological polar surface area (TPSA) is 60.8 Å². The summed E-state index contributed by atoms with van der Waals surface area (Å²) >= 11 is 0. The largest absolute Gasteiger partial charge is 0.393 e. The van der Waals surface area contributed by atoms with Gasteiger partial charge in [0.2, 0.25) is 5.91 Å². The molecule has 1 aromatic carbocycles. The first-order chi connectivity index (χ1) is 18.0. The van der Waals surface area contributed by atoms with E-state index in [1.165, 1.54) is 17.4 Å². The summed E-state index contributed by atoms with van der Waals surface area (Å²) in [7, 11) is 0. The van der Waals surface area contributed by atoms with Crippen LogP contribution < -0.4 is 4.90 Å². The molecule has 5 aliphatic rings. The van der Waals surface area contributed by atoms with Crippen molar-refractivity contribution in [3.63, 3.8) is 0 Å². The van der Waals surface area contributed by atoms with E-state index in [1.807, 2.05) is 0 Å². The van der Waals surface area contributed by atoms with Crippen molar-refractivity contribution >= 4 is 11.6 Å². The van der Waals surface area contributed by atoms with Crippen molar-refractivity contribution in [2.75, 3.05) is 11.4 Å². The van der Waals surface area contributed by atoms with E-state index in [2.05, 4.69) is 20.8 Å². The van der Waals surface area contributed by atoms with E-state index >= 15 is 0 Å². The minimum Gasteiger partial charge on any atom is -0.393 e. The van der Waals surface area contributed by atoms with Crippen molar-refractivity contribution in [3.05, 3.63) is 29.3 Å². The molecule has 210 valence electrons. The number of carbonyl (C=O) groups excluding carboxylic acids is 1. The van der Waals surface area contributed by atoms with Gasteiger partial charge in [-0.2, -0.15) is 0 Å². The highest BCUT2D eigenvalue weighted by molar-refractivity contribution is 5.95. The first kappa shape index (κ1) is 26.7. The standard InChI is InChI=1S/C32H45F2NO3/c1-18(4-7-28(38)35-13-10-19-14-21(33)17-26(34)30(19)35)23-5-6-24-29-25(9-12-32(23,24)3)31(2)11-8-22(36)15-20(31)16-27(29)37/h14,17-18,20,22-25,27,29,36-37H,4-13,15-16H2,1-3H3/t18-,20+,22-,23-,24+,25+,27-,29+,31+,32-/m1/s1. The summed E-state index contributed by atoms with van der Waals surface area (Å²) in [5, 5.41) is 21.8. The number of anilines is 1. The maximum atomic E-state index is 14.5. The molecule has 1 heterocycles. The second-order valence-corrected chi connectivity index (χ2v) is 14.2. The Bertz CT molecular complexity index is 1090. The van der Waals surface area contributed by atoms with E-state index in [-0.39, 0.29) is 34.6 Å². The van der Waals surface area contributed by atoms with Gasteiger partial charge in [-0.3, -0.25) is 4.79 Å². The van der Waals surface area contributed by atoms with Crippen molar-refractivity contribution < 1.29 is 23.8 Å². The van der Waals surface area contributed by atoms with Crippen LogP contribution in [0.15, 0.2) is 12.1 Å². The van der Waals surface area contributed by atoms with Gasteiger partial charge in [0.1, 0.15) is 11.6 Å². The number of fused-ring (bicyclic) bond motifs is 6. The molecule has 1 aromatic rings. The van der Waals surface area contributed by atoms with Crippen LogP contribution in [0.4, 0.5) is 14.5 Å². The highest BCUT2D eigenvalue weighted by Crippen LogP contribution is 2.68. The molecule has 4 nitrogen and oxygen atoms in total. The fourth-order valence-electron chi connectivity index (χ4n) is 10.6. The van der Waals surface area contributed by atoms with Crippen LogP contribution >= 0.6 is 0 Å². The summed E-state index contributed by atoms with van der Waals surface area (Å²) in [6.07, 6.45) is 9.42. The van der Waals surface area contributed by atoms with Crippen molar-refractivity contribution in [3.8, 4) is 0 Å². The quantitative estimate of drug-likeness (QED) is 0.484. The number of amides is 1. The molecular formula is C32H45F2NO3. The smallest absolute Gasteiger partial charge is 0.227 e. The predicted octanol–water partition coefficient (Wildman–Crippen LogP) is 6.26. The maximum absolute atomic E-state index is 14.5. The number of rotatable bonds is 4. The molecule has 4 fully saturated rings. The Labute approximate surface area is 226 Å². The Kier molecular flexibility index (Phi) is 6.70. The molecule has 0 saturated heterocycles. The van der Waals surface area contributed by atoms with Gasteiger partial charge in [-0.05, 0) is 122 Å². The minimum atomic E-state index is -0.642. The van der Waals surface area contributed by atoms with E-state index in [0.29, 0.717) is 60.5 Å². The molecule has 1 aliphatic heterocycles. The van der Waals surface area contributed by atoms with Gasteiger partial charge in [-0.1, -0.05) is 20.8 Å². The highest BCUT2D eigenvalue weighted by atomic mass is 19.1. The van der Waals surface area contributed by atoms with Crippen molar-refractivity contribution in [2.45, 2.75) is 104 Å². The lowest BCUT2D eigenvalue weighted by Gasteiger charge is -2.62. The second kappa shape index (κ2) is 9.54. The zero-order valence-electron chi connectivity index (χ0n) is 23.3. The molecule has 0 bridgehead atoms. The van der Waals surface area contributed by atoms with Crippen LogP contribution in [0.3, 0.4) is 0 Å². The molecule has 6 heteroatoms. The molecule has 2 N–H and O–H groups in total. The van der Waals surface area contributed by atoms with Crippen LogP contribution in [0.2, 0.25) is 0 Å². The summed E-state index contributed by atoms with van der Waals surface area (Å²) in [4.78, 5) is 14.7. The molecule has 1 amide bonds. The third-order valence-electron chi connectivity index (χ3n) is 12.5. The summed E-state index contributed by atoms with van der Waals surface area (Å²) in [6.45, 7) is 7.60. The number of aliphatic hydroxyl groups excluding tert-OH is 2. The molecule has 6 rings (SSSR count). The number of carbonyl (C=O) groups is 1. The number of nitrogens with zero attached hydrogens (tertiary/aromatic N) is 1. The van der Waals surface area contributed by atoms with Gasteiger partial charge < -0.3 is 15.1 Å². The molecule has 0 spiro atoms. The molecule has 4 aliphatic carbocycles. The Morgan fingerprint density at radius 2 is 1.79 bits per heavy atom. The average molecular weight is 530 g/mol. The van der Waals surface area contributed by atoms with Crippen molar-refractivity contribution in [1.82, 2.24) is 0 Å². The number of hydrogen-bond donors (Lipinski definition) is 2. The van der Waals surface area contributed by atoms with Crippen molar-refractivity contribution in [1.29, 1.82) is 0 Å². The third kappa shape index (κ3) is 4.06. The van der Waals surface area contributed by atoms with E-state index < -0.39 is 11.6 Å². The van der Waals surface area contributed by atoms with Crippen LogP contribution in [0.1, 0.15) is 90.5 Å². The Balaban J connectivity index is 1.13. The molecule has 10 atom stereocenters. The lowest BCUT2D eigenvalue weighted by atomic mass is 9.43. The van der Waals surface area contributed by atoms with Gasteiger partial charge in [0.25, 0.3) is 0 Å². The number of aliphatic hydroxyl groups is 2. The minimum absolute atomic E-state index is 0.0642. The predicted molar refractivity (Wildman–Crippen MR) is 143 cm³/mol. The summed E-state index contributed by atoms with van der Waals surface area (Å²) in [6, 6.07) is 2.22. The Hall–Kier alpha value is -1.53. The molecular weight excluding hydrogens is 484 g/mol. The van der Waals surface area contributed by atoms with Gasteiger partial charge in [0.05, 0.1) is 17.9 Å². The summed E-state index contributed by atoms with van der Waals surface area (Å²) in [5.41, 5.74) is 1.25. The van der Waals surface area contributed by atoms with Crippen LogP contribution in [-0.4, -0.2) is 34.9 Å². The lowest BCUT2D eigenvalue weighted by Crippen LogP contribution is -2.58. The zero-order chi connectivity index (χ0) is 27.0. The van der Waals surface area contributed by atoms with Gasteiger partial charge in [-0.25, -0.2) is 8.78 Å². The molecule has 0 radical (unpaired) electrons. The zero-order valence-corrected chi connectivity index (χ0v) is 23.3. The average Bonchev–Trinajstić information content (AvgIpc) is 3.44. The highest BCUT2D eigenvalue weighted by Gasteiger charge is 2.62. The van der Waals surface area contributed by atoms with Crippen LogP contribution in [-0.2, 0) is 11.2 Å². The van der Waals surface area contributed by atoms with Crippen LogP contribution in [0.25, 0.3) is 0 Å². The van der Waals surface area contributed by atoms with E-state index in [0.717, 1.165) is 57.4 Å². The molecule has 38 heavy (non-hydrogen) atoms. The normalized spacial score (nSPS) is 42.7. The van der Waals surface area contributed by atoms with Crippen LogP contribution in [0, 0.1) is 58.0 Å². The van der Waals surface area contributed by atoms with E-state index in [9.17, 15) is 23.8 Å². The summed E-state index contributed by atoms with van der Waals surface area (Å²) < 4.78 is 28.1. The molecule has 4 saturated carbocycles. The van der Waals surface area contributed by atoms with E-state index in [1.54, 1.807) is 0 Å².